The summed E-state index contributed by atoms with van der Waals surface area (Å²) in [6.45, 7) is 1.02. The number of rotatable bonds is 5. The molecule has 2 amide bonds. The highest BCUT2D eigenvalue weighted by Gasteiger charge is 2.42. The summed E-state index contributed by atoms with van der Waals surface area (Å²) in [6.07, 6.45) is 5.40. The van der Waals surface area contributed by atoms with E-state index in [1.54, 1.807) is 4.90 Å². The Morgan fingerprint density at radius 2 is 1.78 bits per heavy atom. The van der Waals surface area contributed by atoms with Crippen molar-refractivity contribution in [1.82, 2.24) is 10.2 Å². The van der Waals surface area contributed by atoms with Gasteiger partial charge in [-0.3, -0.25) is 9.59 Å². The molecule has 2 fully saturated rings. The minimum atomic E-state index is -1.13. The molecule has 0 bridgehead atoms. The molecule has 1 saturated heterocycles. The maximum Gasteiger partial charge on any atom is 0.329 e. The molecule has 27 heavy (non-hydrogen) atoms. The second kappa shape index (κ2) is 8.55. The molecule has 1 saturated carbocycles. The number of aliphatic carboxylic acids is 1. The third-order valence-electron chi connectivity index (χ3n) is 5.82. The highest BCUT2D eigenvalue weighted by atomic mass is 16.4. The predicted molar refractivity (Wildman–Crippen MR) is 101 cm³/mol. The molecule has 6 heteroatoms. The molecule has 0 aromatic heterocycles. The van der Waals surface area contributed by atoms with Gasteiger partial charge in [0.15, 0.2) is 0 Å². The van der Waals surface area contributed by atoms with Gasteiger partial charge in [-0.05, 0) is 31.2 Å². The minimum Gasteiger partial charge on any atom is -0.480 e. The Balaban J connectivity index is 1.60. The summed E-state index contributed by atoms with van der Waals surface area (Å²) >= 11 is 0. The Hall–Kier alpha value is -2.37. The number of piperidine rings is 1. The number of carbonyl (C=O) groups excluding carboxylic acids is 2. The van der Waals surface area contributed by atoms with Gasteiger partial charge in [-0.25, -0.2) is 4.79 Å². The number of carbonyl (C=O) groups is 3. The first-order valence-corrected chi connectivity index (χ1v) is 9.87. The Bertz CT molecular complexity index is 683. The van der Waals surface area contributed by atoms with Gasteiger partial charge in [0.1, 0.15) is 5.54 Å². The van der Waals surface area contributed by atoms with Gasteiger partial charge < -0.3 is 15.3 Å². The molecule has 1 aliphatic heterocycles. The van der Waals surface area contributed by atoms with Crippen molar-refractivity contribution in [2.75, 3.05) is 13.1 Å². The third kappa shape index (κ3) is 4.67. The van der Waals surface area contributed by atoms with Crippen molar-refractivity contribution in [3.63, 3.8) is 0 Å². The van der Waals surface area contributed by atoms with E-state index in [0.29, 0.717) is 38.8 Å². The summed E-state index contributed by atoms with van der Waals surface area (Å²) in [5, 5.41) is 12.5. The first kappa shape index (κ1) is 19.4. The highest BCUT2D eigenvalue weighted by Crippen LogP contribution is 2.29. The number of hydrogen-bond acceptors (Lipinski definition) is 3. The van der Waals surface area contributed by atoms with Crippen LogP contribution in [0.1, 0.15) is 50.5 Å². The fourth-order valence-electron chi connectivity index (χ4n) is 4.19. The van der Waals surface area contributed by atoms with Crippen molar-refractivity contribution < 1.29 is 19.5 Å². The number of carboxylic acids is 1. The van der Waals surface area contributed by atoms with Crippen molar-refractivity contribution in [3.05, 3.63) is 35.9 Å². The predicted octanol–water partition coefficient (Wildman–Crippen LogP) is 2.37. The summed E-state index contributed by atoms with van der Waals surface area (Å²) in [4.78, 5) is 38.9. The van der Waals surface area contributed by atoms with Gasteiger partial charge in [0.05, 0.1) is 12.3 Å². The summed E-state index contributed by atoms with van der Waals surface area (Å²) in [5.74, 6) is -1.49. The molecule has 1 heterocycles. The lowest BCUT2D eigenvalue weighted by atomic mass is 9.81. The van der Waals surface area contributed by atoms with Crippen LogP contribution in [0.5, 0.6) is 0 Å². The number of likely N-dealkylation sites (tertiary alicyclic amines) is 1. The monoisotopic (exact) mass is 372 g/mol. The Morgan fingerprint density at radius 3 is 2.44 bits per heavy atom. The van der Waals surface area contributed by atoms with Crippen LogP contribution in [-0.4, -0.2) is 46.4 Å². The van der Waals surface area contributed by atoms with Gasteiger partial charge in [0.25, 0.3) is 0 Å². The molecule has 146 valence electrons. The molecule has 1 atom stereocenters. The zero-order chi connectivity index (χ0) is 19.3. The topological polar surface area (TPSA) is 86.7 Å². The fraction of sp³-hybridized carbons (Fsp3) is 0.571. The SMILES string of the molecule is O=C(NC1(C(=O)O)CCCCC1)C1CCCN(C(=O)Cc2ccccc2)C1. The molecule has 1 aliphatic carbocycles. The molecular formula is C21H28N2O4. The third-order valence-corrected chi connectivity index (χ3v) is 5.82. The number of nitrogens with zero attached hydrogens (tertiary/aromatic N) is 1. The van der Waals surface area contributed by atoms with Crippen molar-refractivity contribution >= 4 is 17.8 Å². The van der Waals surface area contributed by atoms with E-state index in [9.17, 15) is 19.5 Å². The van der Waals surface area contributed by atoms with Crippen molar-refractivity contribution in [1.29, 1.82) is 0 Å². The lowest BCUT2D eigenvalue weighted by Crippen LogP contribution is -2.58. The molecule has 1 unspecified atom stereocenters. The quantitative estimate of drug-likeness (QED) is 0.831. The molecule has 6 nitrogen and oxygen atoms in total. The number of hydrogen-bond donors (Lipinski definition) is 2. The van der Waals surface area contributed by atoms with E-state index >= 15 is 0 Å². The minimum absolute atomic E-state index is 0.0179. The summed E-state index contributed by atoms with van der Waals surface area (Å²) in [7, 11) is 0. The Morgan fingerprint density at radius 1 is 1.07 bits per heavy atom. The van der Waals surface area contributed by atoms with Crippen LogP contribution < -0.4 is 5.32 Å². The average Bonchev–Trinajstić information content (AvgIpc) is 2.69. The van der Waals surface area contributed by atoms with Crippen LogP contribution in [0, 0.1) is 5.92 Å². The van der Waals surface area contributed by atoms with Crippen LogP contribution >= 0.6 is 0 Å². The average molecular weight is 372 g/mol. The second-order valence-electron chi connectivity index (χ2n) is 7.78. The molecule has 1 aromatic carbocycles. The van der Waals surface area contributed by atoms with Crippen LogP contribution in [0.2, 0.25) is 0 Å². The van der Waals surface area contributed by atoms with Crippen molar-refractivity contribution in [2.45, 2.75) is 56.9 Å². The van der Waals surface area contributed by atoms with Crippen LogP contribution in [0.25, 0.3) is 0 Å². The zero-order valence-corrected chi connectivity index (χ0v) is 15.7. The van der Waals surface area contributed by atoms with E-state index in [1.807, 2.05) is 30.3 Å². The maximum absolute atomic E-state index is 12.8. The molecule has 1 aromatic rings. The highest BCUT2D eigenvalue weighted by molar-refractivity contribution is 5.89. The molecule has 2 N–H and O–H groups in total. The van der Waals surface area contributed by atoms with E-state index in [0.717, 1.165) is 31.2 Å². The maximum atomic E-state index is 12.8. The standard InChI is InChI=1S/C21H28N2O4/c24-18(14-16-8-3-1-4-9-16)23-13-7-10-17(15-23)19(25)22-21(20(26)27)11-5-2-6-12-21/h1,3-4,8-9,17H,2,5-7,10-15H2,(H,22,25)(H,26,27). The first-order valence-electron chi connectivity index (χ1n) is 9.87. The van der Waals surface area contributed by atoms with Gasteiger partial charge in [0.2, 0.25) is 11.8 Å². The van der Waals surface area contributed by atoms with Gasteiger partial charge in [0, 0.05) is 13.1 Å². The molecule has 0 spiro atoms. The molecule has 3 rings (SSSR count). The van der Waals surface area contributed by atoms with E-state index in [4.69, 9.17) is 0 Å². The second-order valence-corrected chi connectivity index (χ2v) is 7.78. The summed E-state index contributed by atoms with van der Waals surface area (Å²) in [6, 6.07) is 9.57. The van der Waals surface area contributed by atoms with Crippen molar-refractivity contribution in [2.24, 2.45) is 5.92 Å². The Labute approximate surface area is 159 Å². The van der Waals surface area contributed by atoms with Crippen LogP contribution in [-0.2, 0) is 20.8 Å². The molecular weight excluding hydrogens is 344 g/mol. The fourth-order valence-corrected chi connectivity index (χ4v) is 4.19. The summed E-state index contributed by atoms with van der Waals surface area (Å²) in [5.41, 5.74) is -0.174. The lowest BCUT2D eigenvalue weighted by molar-refractivity contribution is -0.150. The van der Waals surface area contributed by atoms with E-state index in [2.05, 4.69) is 5.32 Å². The van der Waals surface area contributed by atoms with Crippen LogP contribution in [0.4, 0.5) is 0 Å². The smallest absolute Gasteiger partial charge is 0.329 e. The van der Waals surface area contributed by atoms with E-state index in [1.165, 1.54) is 0 Å². The Kier molecular flexibility index (Phi) is 6.14. The van der Waals surface area contributed by atoms with Crippen molar-refractivity contribution in [3.8, 4) is 0 Å². The van der Waals surface area contributed by atoms with Crippen LogP contribution in [0.3, 0.4) is 0 Å². The number of nitrogens with one attached hydrogen (secondary N) is 1. The van der Waals surface area contributed by atoms with Gasteiger partial charge in [-0.2, -0.15) is 0 Å². The van der Waals surface area contributed by atoms with Gasteiger partial charge in [-0.1, -0.05) is 49.6 Å². The van der Waals surface area contributed by atoms with Crippen LogP contribution in [0.15, 0.2) is 30.3 Å². The summed E-state index contributed by atoms with van der Waals surface area (Å²) < 4.78 is 0. The zero-order valence-electron chi connectivity index (χ0n) is 15.7. The number of carboxylic acid groups (broad SMARTS) is 1. The van der Waals surface area contributed by atoms with Gasteiger partial charge >= 0.3 is 5.97 Å². The molecule has 0 radical (unpaired) electrons. The van der Waals surface area contributed by atoms with Gasteiger partial charge in [-0.15, -0.1) is 0 Å². The lowest BCUT2D eigenvalue weighted by Gasteiger charge is -2.37. The first-order chi connectivity index (χ1) is 13.0. The number of benzene rings is 1. The van der Waals surface area contributed by atoms with E-state index < -0.39 is 11.5 Å². The molecule has 2 aliphatic rings. The number of amides is 2. The normalized spacial score (nSPS) is 22.1. The van der Waals surface area contributed by atoms with E-state index in [-0.39, 0.29) is 17.7 Å². The largest absolute Gasteiger partial charge is 0.480 e.